The third-order valence-corrected chi connectivity index (χ3v) is 7.63. The molecule has 1 saturated heterocycles. The summed E-state index contributed by atoms with van der Waals surface area (Å²) in [5, 5.41) is 9.58. The zero-order valence-electron chi connectivity index (χ0n) is 21.2. The Balaban J connectivity index is 1.53. The van der Waals surface area contributed by atoms with E-state index in [0.29, 0.717) is 37.9 Å². The predicted octanol–water partition coefficient (Wildman–Crippen LogP) is 3.94. The summed E-state index contributed by atoms with van der Waals surface area (Å²) in [5.41, 5.74) is 2.31. The zero-order valence-corrected chi connectivity index (χ0v) is 21.2. The summed E-state index contributed by atoms with van der Waals surface area (Å²) < 4.78 is 27.4. The van der Waals surface area contributed by atoms with Gasteiger partial charge < -0.3 is 9.80 Å². The Morgan fingerprint density at radius 2 is 1.78 bits per heavy atom. The number of halogens is 2. The van der Waals surface area contributed by atoms with E-state index in [2.05, 4.69) is 0 Å². The summed E-state index contributed by atoms with van der Waals surface area (Å²) in [6.07, 6.45) is 1.73. The molecular weight excluding hydrogens is 480 g/mol. The van der Waals surface area contributed by atoms with Crippen molar-refractivity contribution in [1.82, 2.24) is 15.3 Å². The lowest BCUT2D eigenvalue weighted by atomic mass is 9.67. The predicted molar refractivity (Wildman–Crippen MR) is 132 cm³/mol. The van der Waals surface area contributed by atoms with Crippen molar-refractivity contribution in [1.29, 1.82) is 0 Å². The molecule has 0 aromatic heterocycles. The van der Waals surface area contributed by atoms with Gasteiger partial charge in [0.25, 0.3) is 5.91 Å². The number of carbonyl (C=O) groups is 3. The van der Waals surface area contributed by atoms with Crippen LogP contribution in [0.4, 0.5) is 8.78 Å². The summed E-state index contributed by atoms with van der Waals surface area (Å²) in [7, 11) is 0. The lowest BCUT2D eigenvalue weighted by Crippen LogP contribution is -2.48. The molecule has 1 fully saturated rings. The van der Waals surface area contributed by atoms with Crippen LogP contribution in [0.1, 0.15) is 54.6 Å². The molecule has 0 unspecified atom stereocenters. The van der Waals surface area contributed by atoms with Gasteiger partial charge in [-0.3, -0.25) is 19.6 Å². The molecule has 2 N–H and O–H groups in total. The van der Waals surface area contributed by atoms with Crippen molar-refractivity contribution in [2.24, 2.45) is 17.3 Å². The van der Waals surface area contributed by atoms with Crippen LogP contribution in [0.15, 0.2) is 42.5 Å². The van der Waals surface area contributed by atoms with E-state index in [1.165, 1.54) is 4.90 Å². The van der Waals surface area contributed by atoms with Crippen LogP contribution in [0.2, 0.25) is 0 Å². The quantitative estimate of drug-likeness (QED) is 0.372. The Bertz CT molecular complexity index is 1170. The number of hydrogen-bond donors (Lipinski definition) is 2. The Morgan fingerprint density at radius 1 is 1.08 bits per heavy atom. The van der Waals surface area contributed by atoms with E-state index in [0.717, 1.165) is 17.7 Å². The molecule has 0 saturated carbocycles. The normalized spacial score (nSPS) is 20.1. The molecule has 2 aromatic carbocycles. The SMILES string of the molecule is CC(C)C[C@]1([C@H](CCN2Cc3cc(F)c(F)cc3C2=O)C(=O)NO)CCN(CCc2ccccc2)C1=O. The molecule has 0 radical (unpaired) electrons. The number of amides is 3. The van der Waals surface area contributed by atoms with Crippen LogP contribution in [0.3, 0.4) is 0 Å². The number of likely N-dealkylation sites (tertiary alicyclic amines) is 1. The lowest BCUT2D eigenvalue weighted by molar-refractivity contribution is -0.150. The molecule has 2 atom stereocenters. The minimum absolute atomic E-state index is 0.0904. The molecule has 0 bridgehead atoms. The number of benzene rings is 2. The molecule has 0 spiro atoms. The standard InChI is InChI=1S/C28H33F2N3O4/c1-18(2)16-28(10-13-32(27(28)36)11-8-19-6-4-3-5-7-19)22(25(34)31-37)9-12-33-17-20-14-23(29)24(30)15-21(20)26(33)35/h3-7,14-15,18,22,37H,8-13,16-17H2,1-2H3,(H,31,34)/t22-,28+/m1/s1. The van der Waals surface area contributed by atoms with Gasteiger partial charge in [-0.15, -0.1) is 0 Å². The van der Waals surface area contributed by atoms with E-state index in [1.807, 2.05) is 44.2 Å². The molecule has 7 nitrogen and oxygen atoms in total. The van der Waals surface area contributed by atoms with Crippen molar-refractivity contribution in [2.45, 2.75) is 46.1 Å². The fourth-order valence-electron chi connectivity index (χ4n) is 5.93. The van der Waals surface area contributed by atoms with Crippen molar-refractivity contribution in [2.75, 3.05) is 19.6 Å². The van der Waals surface area contributed by atoms with E-state index in [9.17, 15) is 28.4 Å². The average molecular weight is 514 g/mol. The maximum atomic E-state index is 13.9. The summed E-state index contributed by atoms with van der Waals surface area (Å²) in [5.74, 6) is -4.11. The number of fused-ring (bicyclic) bond motifs is 1. The number of hydroxylamine groups is 1. The molecule has 198 valence electrons. The highest BCUT2D eigenvalue weighted by molar-refractivity contribution is 5.98. The van der Waals surface area contributed by atoms with Crippen LogP contribution in [-0.4, -0.2) is 52.4 Å². The van der Waals surface area contributed by atoms with Crippen LogP contribution >= 0.6 is 0 Å². The van der Waals surface area contributed by atoms with E-state index in [-0.39, 0.29) is 36.9 Å². The van der Waals surface area contributed by atoms with E-state index in [4.69, 9.17) is 0 Å². The largest absolute Gasteiger partial charge is 0.342 e. The smallest absolute Gasteiger partial charge is 0.254 e. The van der Waals surface area contributed by atoms with Crippen LogP contribution in [0.25, 0.3) is 0 Å². The first kappa shape index (κ1) is 26.7. The summed E-state index contributed by atoms with van der Waals surface area (Å²) in [4.78, 5) is 42.9. The Labute approximate surface area is 215 Å². The zero-order chi connectivity index (χ0) is 26.7. The van der Waals surface area contributed by atoms with Crippen molar-refractivity contribution in [3.05, 3.63) is 70.8 Å². The molecule has 0 aliphatic carbocycles. The molecule has 9 heteroatoms. The first-order valence-corrected chi connectivity index (χ1v) is 12.7. The number of rotatable bonds is 10. The topological polar surface area (TPSA) is 89.9 Å². The molecule has 3 amide bonds. The van der Waals surface area contributed by atoms with Gasteiger partial charge in [0.1, 0.15) is 0 Å². The maximum absolute atomic E-state index is 13.9. The fourth-order valence-corrected chi connectivity index (χ4v) is 5.93. The van der Waals surface area contributed by atoms with Gasteiger partial charge in [0.2, 0.25) is 11.8 Å². The monoisotopic (exact) mass is 513 g/mol. The minimum atomic E-state index is -1.09. The fraction of sp³-hybridized carbons (Fsp3) is 0.464. The van der Waals surface area contributed by atoms with Gasteiger partial charge in [-0.25, -0.2) is 14.3 Å². The van der Waals surface area contributed by atoms with Crippen LogP contribution in [0.5, 0.6) is 0 Å². The van der Waals surface area contributed by atoms with E-state index in [1.54, 1.807) is 10.4 Å². The van der Waals surface area contributed by atoms with Gasteiger partial charge in [0.15, 0.2) is 11.6 Å². The van der Waals surface area contributed by atoms with E-state index >= 15 is 0 Å². The van der Waals surface area contributed by atoms with Crippen molar-refractivity contribution >= 4 is 17.7 Å². The molecule has 37 heavy (non-hydrogen) atoms. The van der Waals surface area contributed by atoms with Gasteiger partial charge in [0, 0.05) is 31.7 Å². The summed E-state index contributed by atoms with van der Waals surface area (Å²) in [6, 6.07) is 11.8. The Morgan fingerprint density at radius 3 is 2.46 bits per heavy atom. The second-order valence-electron chi connectivity index (χ2n) is 10.5. The molecule has 2 aliphatic heterocycles. The molecule has 2 aliphatic rings. The van der Waals surface area contributed by atoms with Gasteiger partial charge in [0.05, 0.1) is 11.3 Å². The van der Waals surface area contributed by atoms with Gasteiger partial charge >= 0.3 is 0 Å². The molecule has 2 heterocycles. The third kappa shape index (κ3) is 5.37. The van der Waals surface area contributed by atoms with Gasteiger partial charge in [-0.05, 0) is 54.9 Å². The number of nitrogens with one attached hydrogen (secondary N) is 1. The average Bonchev–Trinajstić information content (AvgIpc) is 3.34. The highest BCUT2D eigenvalue weighted by atomic mass is 19.2. The summed E-state index contributed by atoms with van der Waals surface area (Å²) >= 11 is 0. The first-order valence-electron chi connectivity index (χ1n) is 12.7. The Hall–Kier alpha value is -3.33. The van der Waals surface area contributed by atoms with Crippen molar-refractivity contribution in [3.8, 4) is 0 Å². The number of hydrogen-bond acceptors (Lipinski definition) is 4. The van der Waals surface area contributed by atoms with Crippen molar-refractivity contribution in [3.63, 3.8) is 0 Å². The van der Waals surface area contributed by atoms with Gasteiger partial charge in [-0.2, -0.15) is 0 Å². The second-order valence-corrected chi connectivity index (χ2v) is 10.5. The minimum Gasteiger partial charge on any atom is -0.342 e. The summed E-state index contributed by atoms with van der Waals surface area (Å²) in [6.45, 7) is 5.19. The first-order chi connectivity index (χ1) is 17.7. The number of carbonyl (C=O) groups excluding carboxylic acids is 3. The third-order valence-electron chi connectivity index (χ3n) is 7.63. The highest BCUT2D eigenvalue weighted by Crippen LogP contribution is 2.46. The van der Waals surface area contributed by atoms with Crippen LogP contribution in [-0.2, 0) is 22.6 Å². The van der Waals surface area contributed by atoms with Crippen LogP contribution in [0, 0.1) is 28.9 Å². The highest BCUT2D eigenvalue weighted by Gasteiger charge is 2.54. The van der Waals surface area contributed by atoms with E-state index < -0.39 is 34.8 Å². The number of nitrogens with zero attached hydrogens (tertiary/aromatic N) is 2. The lowest BCUT2D eigenvalue weighted by Gasteiger charge is -2.37. The maximum Gasteiger partial charge on any atom is 0.254 e. The second kappa shape index (κ2) is 11.0. The molecular formula is C28H33F2N3O4. The van der Waals surface area contributed by atoms with Gasteiger partial charge in [-0.1, -0.05) is 44.2 Å². The van der Waals surface area contributed by atoms with Crippen LogP contribution < -0.4 is 5.48 Å². The molecule has 2 aromatic rings. The Kier molecular flexibility index (Phi) is 7.92. The molecule has 4 rings (SSSR count). The van der Waals surface area contributed by atoms with Crippen molar-refractivity contribution < 1.29 is 28.4 Å².